The summed E-state index contributed by atoms with van der Waals surface area (Å²) in [5, 5.41) is 2.65. The lowest BCUT2D eigenvalue weighted by Gasteiger charge is -2.49. The van der Waals surface area contributed by atoms with Crippen molar-refractivity contribution in [2.45, 2.75) is 38.3 Å². The lowest BCUT2D eigenvalue weighted by atomic mass is 9.79. The van der Waals surface area contributed by atoms with E-state index in [1.807, 2.05) is 0 Å². The quantitative estimate of drug-likeness (QED) is 0.126. The maximum absolute atomic E-state index is 13.2. The van der Waals surface area contributed by atoms with Crippen molar-refractivity contribution in [2.75, 3.05) is 7.11 Å². The Balaban J connectivity index is 2.00. The second-order valence-corrected chi connectivity index (χ2v) is 7.07. The van der Waals surface area contributed by atoms with E-state index in [2.05, 4.69) is 10.1 Å². The third kappa shape index (κ3) is 3.26. The highest BCUT2D eigenvalue weighted by Gasteiger charge is 2.73. The van der Waals surface area contributed by atoms with Crippen molar-refractivity contribution in [1.29, 1.82) is 0 Å². The van der Waals surface area contributed by atoms with Crippen LogP contribution < -0.4 is 5.32 Å². The summed E-state index contributed by atoms with van der Waals surface area (Å²) >= 11 is 0. The fraction of sp³-hybridized carbons (Fsp3) is 0.350. The Morgan fingerprint density at radius 3 is 2.53 bits per heavy atom. The Kier molecular flexibility index (Phi) is 5.75. The molecule has 10 nitrogen and oxygen atoms in total. The molecule has 0 spiro atoms. The van der Waals surface area contributed by atoms with Gasteiger partial charge in [0.05, 0.1) is 7.11 Å². The molecule has 1 N–H and O–H groups in total. The average molecular weight is 412 g/mol. The minimum absolute atomic E-state index is 0.0682. The molecule has 2 aliphatic rings. The molecular weight excluding hydrogens is 392 g/mol. The number of benzene rings is 1. The second-order valence-electron chi connectivity index (χ2n) is 7.07. The van der Waals surface area contributed by atoms with E-state index in [-0.39, 0.29) is 12.1 Å². The summed E-state index contributed by atoms with van der Waals surface area (Å²) in [5.41, 5.74) is 7.85. The highest BCUT2D eigenvalue weighted by Crippen LogP contribution is 2.42. The number of Topliss-reactive ketones (excluding diaryl/α,β-unsaturated/α-hetero) is 2. The SMILES string of the molecule is COC(=O)C(=C(C)C)N1C(=O)C2(C(=O)Cc3ccccc3)NC(C(=O)C=[N+]=[N-])OC12. The van der Waals surface area contributed by atoms with E-state index in [0.29, 0.717) is 17.4 Å². The lowest BCUT2D eigenvalue weighted by molar-refractivity contribution is -0.183. The first-order chi connectivity index (χ1) is 14.3. The number of likely N-dealkylation sites (tertiary alicyclic amines) is 1. The van der Waals surface area contributed by atoms with E-state index in [4.69, 9.17) is 15.0 Å². The Morgan fingerprint density at radius 2 is 1.97 bits per heavy atom. The molecule has 2 aliphatic heterocycles. The Labute approximate surface area is 172 Å². The van der Waals surface area contributed by atoms with Crippen LogP contribution >= 0.6 is 0 Å². The van der Waals surface area contributed by atoms with Crippen LogP contribution in [0.4, 0.5) is 0 Å². The number of esters is 1. The topological polar surface area (TPSA) is 138 Å². The van der Waals surface area contributed by atoms with Gasteiger partial charge in [0.15, 0.2) is 18.2 Å². The van der Waals surface area contributed by atoms with Gasteiger partial charge >= 0.3 is 12.2 Å². The highest BCUT2D eigenvalue weighted by molar-refractivity contribution is 6.28. The van der Waals surface area contributed by atoms with Crippen LogP contribution in [0.2, 0.25) is 0 Å². The Morgan fingerprint density at radius 1 is 1.30 bits per heavy atom. The van der Waals surface area contributed by atoms with E-state index >= 15 is 0 Å². The van der Waals surface area contributed by atoms with Gasteiger partial charge in [-0.2, -0.15) is 4.79 Å². The summed E-state index contributed by atoms with van der Waals surface area (Å²) in [4.78, 5) is 54.5. The van der Waals surface area contributed by atoms with Gasteiger partial charge in [-0.1, -0.05) is 30.3 Å². The molecule has 0 aromatic heterocycles. The van der Waals surface area contributed by atoms with Gasteiger partial charge in [-0.05, 0) is 25.0 Å². The predicted octanol–water partition coefficient (Wildman–Crippen LogP) is -0.0122. The van der Waals surface area contributed by atoms with Crippen LogP contribution in [-0.2, 0) is 35.1 Å². The Bertz CT molecular complexity index is 994. The molecule has 0 bridgehead atoms. The van der Waals surface area contributed by atoms with Gasteiger partial charge in [-0.15, -0.1) is 0 Å². The third-order valence-corrected chi connectivity index (χ3v) is 4.97. The number of allylic oxidation sites excluding steroid dienone is 1. The predicted molar refractivity (Wildman–Crippen MR) is 102 cm³/mol. The number of nitrogens with one attached hydrogen (secondary N) is 1. The van der Waals surface area contributed by atoms with Crippen LogP contribution in [0, 0.1) is 0 Å². The summed E-state index contributed by atoms with van der Waals surface area (Å²) in [6.07, 6.45) is -2.14. The maximum Gasteiger partial charge on any atom is 0.354 e. The monoisotopic (exact) mass is 412 g/mol. The fourth-order valence-corrected chi connectivity index (χ4v) is 3.58. The molecule has 2 heterocycles. The van der Waals surface area contributed by atoms with Gasteiger partial charge in [-0.3, -0.25) is 24.6 Å². The smallest absolute Gasteiger partial charge is 0.354 e. The molecule has 3 rings (SSSR count). The molecule has 1 aromatic rings. The summed E-state index contributed by atoms with van der Waals surface area (Å²) in [6.45, 7) is 3.21. The minimum atomic E-state index is -1.85. The van der Waals surface area contributed by atoms with Crippen LogP contribution in [0.1, 0.15) is 19.4 Å². The molecule has 2 fully saturated rings. The zero-order valence-corrected chi connectivity index (χ0v) is 16.6. The number of β-lactam (4-membered cyclic amide) rings is 1. The number of hydrogen-bond acceptors (Lipinski definition) is 7. The van der Waals surface area contributed by atoms with Crippen molar-refractivity contribution >= 4 is 29.7 Å². The van der Waals surface area contributed by atoms with Gasteiger partial charge in [0.1, 0.15) is 5.70 Å². The van der Waals surface area contributed by atoms with Gasteiger partial charge in [-0.25, -0.2) is 4.79 Å². The number of nitrogens with zero attached hydrogens (tertiary/aromatic N) is 3. The summed E-state index contributed by atoms with van der Waals surface area (Å²) in [6, 6.07) is 8.78. The molecule has 0 aliphatic carbocycles. The minimum Gasteiger partial charge on any atom is -0.464 e. The first kappa shape index (κ1) is 21.3. The molecule has 3 atom stereocenters. The lowest BCUT2D eigenvalue weighted by Crippen LogP contribution is -2.79. The number of ether oxygens (including phenoxy) is 2. The number of fused-ring (bicyclic) bond motifs is 1. The molecule has 1 aromatic carbocycles. The van der Waals surface area contributed by atoms with E-state index in [9.17, 15) is 19.2 Å². The number of amides is 1. The van der Waals surface area contributed by atoms with E-state index in [0.717, 1.165) is 4.90 Å². The number of hydrogen-bond donors (Lipinski definition) is 1. The van der Waals surface area contributed by atoms with Gasteiger partial charge < -0.3 is 15.0 Å². The van der Waals surface area contributed by atoms with E-state index < -0.39 is 41.4 Å². The molecule has 3 unspecified atom stereocenters. The standard InChI is InChI=1S/C20H20N4O6/c1-11(2)15(17(27)29-3)24-18(28)20(14(26)9-12-7-5-4-6-8-12)19(24)30-16(23-20)13(25)10-22-21/h4-8,10,16,19,23H,9H2,1-3H3. The first-order valence-corrected chi connectivity index (χ1v) is 9.09. The van der Waals surface area contributed by atoms with Crippen molar-refractivity contribution < 1.29 is 33.4 Å². The largest absolute Gasteiger partial charge is 0.464 e. The number of carbonyl (C=O) groups is 4. The van der Waals surface area contributed by atoms with Crippen molar-refractivity contribution in [2.24, 2.45) is 0 Å². The van der Waals surface area contributed by atoms with Crippen LogP contribution in [0.3, 0.4) is 0 Å². The molecule has 156 valence electrons. The van der Waals surface area contributed by atoms with Crippen molar-refractivity contribution in [3.8, 4) is 0 Å². The number of ketones is 2. The molecule has 1 amide bonds. The molecule has 30 heavy (non-hydrogen) atoms. The van der Waals surface area contributed by atoms with Crippen LogP contribution in [-0.4, -0.2) is 64.5 Å². The second kappa shape index (κ2) is 8.11. The van der Waals surface area contributed by atoms with Crippen molar-refractivity contribution in [1.82, 2.24) is 10.2 Å². The molecular formula is C20H20N4O6. The third-order valence-electron chi connectivity index (χ3n) is 4.97. The van der Waals surface area contributed by atoms with Crippen molar-refractivity contribution in [3.05, 3.63) is 52.7 Å². The van der Waals surface area contributed by atoms with Gasteiger partial charge in [0.25, 0.3) is 11.7 Å². The summed E-state index contributed by atoms with van der Waals surface area (Å²) in [5.74, 6) is -2.81. The zero-order chi connectivity index (χ0) is 22.1. The van der Waals surface area contributed by atoms with Crippen molar-refractivity contribution in [3.63, 3.8) is 0 Å². The normalized spacial score (nSPS) is 24.2. The van der Waals surface area contributed by atoms with E-state index in [1.165, 1.54) is 7.11 Å². The molecule has 10 heteroatoms. The summed E-state index contributed by atoms with van der Waals surface area (Å²) in [7, 11) is 1.17. The van der Waals surface area contributed by atoms with Crippen LogP contribution in [0.15, 0.2) is 41.6 Å². The van der Waals surface area contributed by atoms with Gasteiger partial charge in [0.2, 0.25) is 5.54 Å². The fourth-order valence-electron chi connectivity index (χ4n) is 3.58. The number of methoxy groups -OCH3 is 1. The average Bonchev–Trinajstić information content (AvgIpc) is 3.08. The molecule has 0 radical (unpaired) electrons. The van der Waals surface area contributed by atoms with Gasteiger partial charge in [0, 0.05) is 6.42 Å². The van der Waals surface area contributed by atoms with E-state index in [1.54, 1.807) is 44.2 Å². The number of carbonyl (C=O) groups excluding carboxylic acids is 4. The molecule has 0 saturated carbocycles. The molecule has 2 saturated heterocycles. The Hall–Kier alpha value is -3.46. The van der Waals surface area contributed by atoms with Crippen LogP contribution in [0.25, 0.3) is 5.53 Å². The number of rotatable bonds is 7. The zero-order valence-electron chi connectivity index (χ0n) is 16.6. The van der Waals surface area contributed by atoms with Crippen LogP contribution in [0.5, 0.6) is 0 Å². The first-order valence-electron chi connectivity index (χ1n) is 9.09. The summed E-state index contributed by atoms with van der Waals surface area (Å²) < 4.78 is 10.4. The maximum atomic E-state index is 13.2. The highest BCUT2D eigenvalue weighted by atomic mass is 16.6.